The molecule has 4 heteroatoms. The highest BCUT2D eigenvalue weighted by atomic mass is 32.1. The van der Waals surface area contributed by atoms with Gasteiger partial charge in [-0.05, 0) is 29.6 Å². The van der Waals surface area contributed by atoms with Crippen molar-refractivity contribution in [3.05, 3.63) is 52.0 Å². The molecule has 2 nitrogen and oxygen atoms in total. The number of hydrogen-bond acceptors (Lipinski definition) is 3. The lowest BCUT2D eigenvalue weighted by atomic mass is 10.2. The van der Waals surface area contributed by atoms with E-state index in [4.69, 9.17) is 0 Å². The monoisotopic (exact) mass is 249 g/mol. The van der Waals surface area contributed by atoms with E-state index in [1.807, 2.05) is 29.5 Å². The Balaban J connectivity index is 2.21. The van der Waals surface area contributed by atoms with E-state index in [0.29, 0.717) is 24.1 Å². The molecule has 0 saturated carbocycles. The van der Waals surface area contributed by atoms with Crippen LogP contribution in [0.25, 0.3) is 0 Å². The molecule has 0 spiro atoms. The molecule has 0 aliphatic heterocycles. The van der Waals surface area contributed by atoms with Gasteiger partial charge in [0.15, 0.2) is 0 Å². The first kappa shape index (κ1) is 11.8. The summed E-state index contributed by atoms with van der Waals surface area (Å²) in [4.78, 5) is 13.8. The van der Waals surface area contributed by atoms with E-state index in [9.17, 15) is 9.18 Å². The molecule has 0 bridgehead atoms. The van der Waals surface area contributed by atoms with Gasteiger partial charge in [0.1, 0.15) is 12.1 Å². The van der Waals surface area contributed by atoms with Gasteiger partial charge >= 0.3 is 0 Å². The van der Waals surface area contributed by atoms with Crippen molar-refractivity contribution >= 4 is 23.3 Å². The van der Waals surface area contributed by atoms with Crippen LogP contribution in [0, 0.1) is 5.82 Å². The minimum atomic E-state index is -0.386. The lowest BCUT2D eigenvalue weighted by Crippen LogP contribution is -2.15. The second-order valence-electron chi connectivity index (χ2n) is 3.80. The SMILES string of the molecule is CN(Cc1cccs1)c1cc(F)cc(C=O)c1. The van der Waals surface area contributed by atoms with Crippen LogP contribution in [0.15, 0.2) is 35.7 Å². The molecule has 0 atom stereocenters. The van der Waals surface area contributed by atoms with Crippen LogP contribution < -0.4 is 4.90 Å². The van der Waals surface area contributed by atoms with Gasteiger partial charge in [0, 0.05) is 23.2 Å². The normalized spacial score (nSPS) is 10.2. The fourth-order valence-corrected chi connectivity index (χ4v) is 2.37. The maximum atomic E-state index is 13.3. The van der Waals surface area contributed by atoms with Crippen molar-refractivity contribution in [2.75, 3.05) is 11.9 Å². The summed E-state index contributed by atoms with van der Waals surface area (Å²) in [7, 11) is 1.88. The molecule has 1 aromatic heterocycles. The average molecular weight is 249 g/mol. The fourth-order valence-electron chi connectivity index (χ4n) is 1.61. The second kappa shape index (κ2) is 5.10. The van der Waals surface area contributed by atoms with Crippen LogP contribution in [0.2, 0.25) is 0 Å². The van der Waals surface area contributed by atoms with Crippen molar-refractivity contribution in [3.8, 4) is 0 Å². The standard InChI is InChI=1S/C13H12FNOS/c1-15(8-13-3-2-4-17-13)12-6-10(9-16)5-11(14)7-12/h2-7,9H,8H2,1H3. The summed E-state index contributed by atoms with van der Waals surface area (Å²) in [6.45, 7) is 0.708. The van der Waals surface area contributed by atoms with Crippen LogP contribution in [-0.2, 0) is 6.54 Å². The smallest absolute Gasteiger partial charge is 0.150 e. The number of halogens is 1. The maximum Gasteiger partial charge on any atom is 0.150 e. The number of carbonyl (C=O) groups excluding carboxylic acids is 1. The molecule has 0 saturated heterocycles. The first-order valence-corrected chi connectivity index (χ1v) is 6.06. The van der Waals surface area contributed by atoms with Crippen LogP contribution in [0.5, 0.6) is 0 Å². The summed E-state index contributed by atoms with van der Waals surface area (Å²) >= 11 is 1.66. The van der Waals surface area contributed by atoms with Gasteiger partial charge < -0.3 is 4.90 Å². The number of rotatable bonds is 4. The minimum absolute atomic E-state index is 0.359. The molecule has 0 unspecified atom stereocenters. The number of hydrogen-bond donors (Lipinski definition) is 0. The lowest BCUT2D eigenvalue weighted by molar-refractivity contribution is 0.112. The van der Waals surface area contributed by atoms with E-state index in [1.54, 1.807) is 17.4 Å². The van der Waals surface area contributed by atoms with Gasteiger partial charge in [-0.2, -0.15) is 0 Å². The molecule has 1 aromatic carbocycles. The summed E-state index contributed by atoms with van der Waals surface area (Å²) in [5, 5.41) is 2.01. The van der Waals surface area contributed by atoms with Crippen molar-refractivity contribution in [1.82, 2.24) is 0 Å². The summed E-state index contributed by atoms with van der Waals surface area (Å²) in [6.07, 6.45) is 0.658. The zero-order valence-corrected chi connectivity index (χ0v) is 10.2. The quantitative estimate of drug-likeness (QED) is 0.775. The number of anilines is 1. The average Bonchev–Trinajstić information content (AvgIpc) is 2.81. The van der Waals surface area contributed by atoms with Gasteiger partial charge in [-0.25, -0.2) is 4.39 Å². The molecule has 0 fully saturated rings. The number of thiophene rings is 1. The van der Waals surface area contributed by atoms with Crippen LogP contribution in [-0.4, -0.2) is 13.3 Å². The topological polar surface area (TPSA) is 20.3 Å². The van der Waals surface area contributed by atoms with Gasteiger partial charge in [0.2, 0.25) is 0 Å². The van der Waals surface area contributed by atoms with Crippen molar-refractivity contribution in [3.63, 3.8) is 0 Å². The minimum Gasteiger partial charge on any atom is -0.369 e. The Kier molecular flexibility index (Phi) is 3.54. The van der Waals surface area contributed by atoms with E-state index in [2.05, 4.69) is 0 Å². The summed E-state index contributed by atoms with van der Waals surface area (Å²) < 4.78 is 13.3. The molecule has 2 aromatic rings. The zero-order chi connectivity index (χ0) is 12.3. The molecule has 0 aliphatic carbocycles. The van der Waals surface area contributed by atoms with Crippen molar-refractivity contribution < 1.29 is 9.18 Å². The van der Waals surface area contributed by atoms with Crippen molar-refractivity contribution in [2.24, 2.45) is 0 Å². The molecule has 1 heterocycles. The Hall–Kier alpha value is -1.68. The fraction of sp³-hybridized carbons (Fsp3) is 0.154. The predicted molar refractivity (Wildman–Crippen MR) is 68.2 cm³/mol. The Labute approximate surface area is 103 Å². The highest BCUT2D eigenvalue weighted by Crippen LogP contribution is 2.20. The Morgan fingerprint density at radius 3 is 2.88 bits per heavy atom. The molecular formula is C13H12FNOS. The van der Waals surface area contributed by atoms with Gasteiger partial charge in [-0.3, -0.25) is 4.79 Å². The molecule has 0 aliphatic rings. The third kappa shape index (κ3) is 2.91. The van der Waals surface area contributed by atoms with Crippen LogP contribution in [0.1, 0.15) is 15.2 Å². The number of benzene rings is 1. The maximum absolute atomic E-state index is 13.3. The predicted octanol–water partition coefficient (Wildman–Crippen LogP) is 3.34. The zero-order valence-electron chi connectivity index (χ0n) is 9.39. The van der Waals surface area contributed by atoms with Gasteiger partial charge in [-0.1, -0.05) is 6.07 Å². The van der Waals surface area contributed by atoms with E-state index >= 15 is 0 Å². The van der Waals surface area contributed by atoms with Crippen LogP contribution in [0.4, 0.5) is 10.1 Å². The molecule has 88 valence electrons. The number of nitrogens with zero attached hydrogens (tertiary/aromatic N) is 1. The first-order valence-electron chi connectivity index (χ1n) is 5.18. The molecule has 2 rings (SSSR count). The number of aldehydes is 1. The van der Waals surface area contributed by atoms with E-state index in [-0.39, 0.29) is 5.82 Å². The molecule has 0 N–H and O–H groups in total. The second-order valence-corrected chi connectivity index (χ2v) is 4.83. The highest BCUT2D eigenvalue weighted by Gasteiger charge is 2.06. The summed E-state index contributed by atoms with van der Waals surface area (Å²) in [6, 6.07) is 8.36. The third-order valence-corrected chi connectivity index (χ3v) is 3.32. The van der Waals surface area contributed by atoms with Crippen molar-refractivity contribution in [2.45, 2.75) is 6.54 Å². The van der Waals surface area contributed by atoms with Crippen LogP contribution in [0.3, 0.4) is 0 Å². The Morgan fingerprint density at radius 1 is 1.41 bits per heavy atom. The van der Waals surface area contributed by atoms with Crippen LogP contribution >= 0.6 is 11.3 Å². The third-order valence-electron chi connectivity index (χ3n) is 2.45. The van der Waals surface area contributed by atoms with Gasteiger partial charge in [0.25, 0.3) is 0 Å². The van der Waals surface area contributed by atoms with Gasteiger partial charge in [-0.15, -0.1) is 11.3 Å². The summed E-state index contributed by atoms with van der Waals surface area (Å²) in [5.74, 6) is -0.386. The first-order chi connectivity index (χ1) is 8.19. The largest absolute Gasteiger partial charge is 0.369 e. The lowest BCUT2D eigenvalue weighted by Gasteiger charge is -2.18. The number of carbonyl (C=O) groups is 1. The summed E-state index contributed by atoms with van der Waals surface area (Å²) in [5.41, 5.74) is 1.07. The Bertz CT molecular complexity index is 510. The molecule has 17 heavy (non-hydrogen) atoms. The van der Waals surface area contributed by atoms with Gasteiger partial charge in [0.05, 0.1) is 6.54 Å². The molecular weight excluding hydrogens is 237 g/mol. The molecule has 0 radical (unpaired) electrons. The van der Waals surface area contributed by atoms with Crippen molar-refractivity contribution in [1.29, 1.82) is 0 Å². The Morgan fingerprint density at radius 2 is 2.24 bits per heavy atom. The molecule has 0 amide bonds. The van der Waals surface area contributed by atoms with E-state index in [1.165, 1.54) is 17.0 Å². The van der Waals surface area contributed by atoms with E-state index < -0.39 is 0 Å². The van der Waals surface area contributed by atoms with E-state index in [0.717, 1.165) is 0 Å². The highest BCUT2D eigenvalue weighted by molar-refractivity contribution is 7.09.